The molecule has 1 aliphatic rings. The maximum atomic E-state index is 13.4. The van der Waals surface area contributed by atoms with Crippen LogP contribution < -0.4 is 20.3 Å². The molecule has 0 radical (unpaired) electrons. The summed E-state index contributed by atoms with van der Waals surface area (Å²) in [4.78, 5) is 40.2. The van der Waals surface area contributed by atoms with Crippen molar-refractivity contribution >= 4 is 23.6 Å². The molecule has 0 saturated carbocycles. The molecule has 0 fully saturated rings. The molecule has 1 heterocycles. The summed E-state index contributed by atoms with van der Waals surface area (Å²) in [5, 5.41) is 5.39. The smallest absolute Gasteiger partial charge is 0.408 e. The summed E-state index contributed by atoms with van der Waals surface area (Å²) < 4.78 is 10.5. The lowest BCUT2D eigenvalue weighted by Gasteiger charge is -2.24. The van der Waals surface area contributed by atoms with E-state index in [-0.39, 0.29) is 12.5 Å². The minimum Gasteiger partial charge on any atom is -0.496 e. The highest BCUT2D eigenvalue weighted by Crippen LogP contribution is 2.39. The van der Waals surface area contributed by atoms with E-state index >= 15 is 0 Å². The van der Waals surface area contributed by atoms with Crippen molar-refractivity contribution in [2.75, 3.05) is 19.1 Å². The van der Waals surface area contributed by atoms with Gasteiger partial charge < -0.3 is 25.0 Å². The SMILES string of the molecule is COc1ccccc1CNC(=O)OC(C)C(=O)N[C@@H]1C(=O)N(C)c2ccccc2-c2ccccc21. The van der Waals surface area contributed by atoms with Gasteiger partial charge in [-0.3, -0.25) is 9.59 Å². The van der Waals surface area contributed by atoms with Gasteiger partial charge in [-0.2, -0.15) is 0 Å². The molecule has 3 amide bonds. The van der Waals surface area contributed by atoms with Crippen LogP contribution in [0, 0.1) is 0 Å². The number of carbonyl (C=O) groups excluding carboxylic acids is 3. The predicted molar refractivity (Wildman–Crippen MR) is 132 cm³/mol. The summed E-state index contributed by atoms with van der Waals surface area (Å²) >= 11 is 0. The van der Waals surface area contributed by atoms with Crippen LogP contribution >= 0.6 is 0 Å². The van der Waals surface area contributed by atoms with Crippen LogP contribution in [0.3, 0.4) is 0 Å². The number of hydrogen-bond donors (Lipinski definition) is 2. The number of methoxy groups -OCH3 is 1. The van der Waals surface area contributed by atoms with Crippen LogP contribution in [0.5, 0.6) is 5.75 Å². The standard InChI is InChI=1S/C27H27N3O5/c1-17(35-27(33)28-16-18-10-4-9-15-23(18)34-3)25(31)29-24-21-13-6-5-11-19(21)20-12-7-8-14-22(20)30(2)26(24)32/h4-15,17,24H,16H2,1-3H3,(H,28,33)(H,29,31)/t17?,24-/m0/s1. The largest absolute Gasteiger partial charge is 0.496 e. The minimum absolute atomic E-state index is 0.175. The Morgan fingerprint density at radius 3 is 2.40 bits per heavy atom. The van der Waals surface area contributed by atoms with Crippen molar-refractivity contribution in [3.05, 3.63) is 83.9 Å². The maximum Gasteiger partial charge on any atom is 0.408 e. The highest BCUT2D eigenvalue weighted by molar-refractivity contribution is 6.06. The highest BCUT2D eigenvalue weighted by Gasteiger charge is 2.34. The van der Waals surface area contributed by atoms with Crippen LogP contribution in [0.4, 0.5) is 10.5 Å². The molecule has 180 valence electrons. The van der Waals surface area contributed by atoms with Gasteiger partial charge in [0, 0.05) is 24.7 Å². The van der Waals surface area contributed by atoms with Gasteiger partial charge in [0.1, 0.15) is 11.8 Å². The first-order valence-corrected chi connectivity index (χ1v) is 11.2. The number of hydrogen-bond acceptors (Lipinski definition) is 5. The third-order valence-electron chi connectivity index (χ3n) is 5.96. The monoisotopic (exact) mass is 473 g/mol. The van der Waals surface area contributed by atoms with Gasteiger partial charge in [0.25, 0.3) is 11.8 Å². The van der Waals surface area contributed by atoms with Crippen molar-refractivity contribution in [2.24, 2.45) is 0 Å². The first-order chi connectivity index (χ1) is 16.9. The van der Waals surface area contributed by atoms with E-state index in [0.29, 0.717) is 11.3 Å². The first kappa shape index (κ1) is 23.8. The molecule has 3 aromatic carbocycles. The Morgan fingerprint density at radius 2 is 1.63 bits per heavy atom. The summed E-state index contributed by atoms with van der Waals surface area (Å²) in [6.45, 7) is 1.64. The Hall–Kier alpha value is -4.33. The van der Waals surface area contributed by atoms with E-state index in [0.717, 1.165) is 22.4 Å². The first-order valence-electron chi connectivity index (χ1n) is 11.2. The van der Waals surface area contributed by atoms with E-state index < -0.39 is 24.1 Å². The van der Waals surface area contributed by atoms with Crippen molar-refractivity contribution in [3.8, 4) is 16.9 Å². The highest BCUT2D eigenvalue weighted by atomic mass is 16.6. The van der Waals surface area contributed by atoms with E-state index in [2.05, 4.69) is 10.6 Å². The second-order valence-electron chi connectivity index (χ2n) is 8.16. The average Bonchev–Trinajstić information content (AvgIpc) is 2.97. The van der Waals surface area contributed by atoms with Crippen LogP contribution in [-0.4, -0.2) is 38.2 Å². The number of anilines is 1. The number of nitrogens with one attached hydrogen (secondary N) is 2. The summed E-state index contributed by atoms with van der Waals surface area (Å²) in [5.41, 5.74) is 3.95. The number of para-hydroxylation sites is 2. The Morgan fingerprint density at radius 1 is 0.971 bits per heavy atom. The number of benzene rings is 3. The topological polar surface area (TPSA) is 97.0 Å². The van der Waals surface area contributed by atoms with Crippen molar-refractivity contribution < 1.29 is 23.9 Å². The molecule has 0 saturated heterocycles. The fourth-order valence-electron chi connectivity index (χ4n) is 4.10. The summed E-state index contributed by atoms with van der Waals surface area (Å²) in [6.07, 6.45) is -1.88. The third-order valence-corrected chi connectivity index (χ3v) is 5.96. The summed E-state index contributed by atoms with van der Waals surface area (Å²) in [6, 6.07) is 21.4. The summed E-state index contributed by atoms with van der Waals surface area (Å²) in [7, 11) is 3.23. The lowest BCUT2D eigenvalue weighted by atomic mass is 9.95. The number of nitrogens with zero attached hydrogens (tertiary/aromatic N) is 1. The second-order valence-corrected chi connectivity index (χ2v) is 8.16. The Balaban J connectivity index is 1.46. The van der Waals surface area contributed by atoms with Crippen LogP contribution in [0.25, 0.3) is 11.1 Å². The lowest BCUT2D eigenvalue weighted by Crippen LogP contribution is -2.45. The molecule has 0 aliphatic carbocycles. The second kappa shape index (κ2) is 10.3. The van der Waals surface area contributed by atoms with E-state index in [1.54, 1.807) is 20.2 Å². The van der Waals surface area contributed by atoms with Crippen molar-refractivity contribution in [2.45, 2.75) is 25.6 Å². The molecule has 2 N–H and O–H groups in total. The predicted octanol–water partition coefficient (Wildman–Crippen LogP) is 3.81. The van der Waals surface area contributed by atoms with Crippen molar-refractivity contribution in [1.82, 2.24) is 10.6 Å². The van der Waals surface area contributed by atoms with Gasteiger partial charge in [-0.25, -0.2) is 4.79 Å². The Kier molecular flexibility index (Phi) is 7.01. The average molecular weight is 474 g/mol. The van der Waals surface area contributed by atoms with Gasteiger partial charge in [0.2, 0.25) is 0 Å². The van der Waals surface area contributed by atoms with Gasteiger partial charge in [0.05, 0.1) is 12.8 Å². The fraction of sp³-hybridized carbons (Fsp3) is 0.222. The molecule has 3 aromatic rings. The zero-order chi connectivity index (χ0) is 24.9. The molecule has 1 unspecified atom stereocenters. The third kappa shape index (κ3) is 4.96. The number of amides is 3. The van der Waals surface area contributed by atoms with Crippen LogP contribution in [-0.2, 0) is 20.9 Å². The van der Waals surface area contributed by atoms with E-state index in [1.165, 1.54) is 11.8 Å². The van der Waals surface area contributed by atoms with Gasteiger partial charge >= 0.3 is 6.09 Å². The normalized spacial score (nSPS) is 15.2. The van der Waals surface area contributed by atoms with Gasteiger partial charge in [0.15, 0.2) is 6.10 Å². The quantitative estimate of drug-likeness (QED) is 0.568. The molecule has 35 heavy (non-hydrogen) atoms. The summed E-state index contributed by atoms with van der Waals surface area (Å²) in [5.74, 6) is -0.234. The number of rotatable bonds is 6. The van der Waals surface area contributed by atoms with Gasteiger partial charge in [-0.15, -0.1) is 0 Å². The van der Waals surface area contributed by atoms with Crippen LogP contribution in [0.2, 0.25) is 0 Å². The molecule has 0 bridgehead atoms. The number of ether oxygens (including phenoxy) is 2. The fourth-order valence-corrected chi connectivity index (χ4v) is 4.10. The molecule has 1 aliphatic heterocycles. The zero-order valence-electron chi connectivity index (χ0n) is 19.8. The zero-order valence-corrected chi connectivity index (χ0v) is 19.8. The maximum absolute atomic E-state index is 13.4. The molecule has 0 aromatic heterocycles. The van der Waals surface area contributed by atoms with Crippen LogP contribution in [0.1, 0.15) is 24.1 Å². The molecule has 2 atom stereocenters. The Bertz CT molecular complexity index is 1260. The molecule has 0 spiro atoms. The molecular formula is C27H27N3O5. The van der Waals surface area contributed by atoms with Crippen LogP contribution in [0.15, 0.2) is 72.8 Å². The lowest BCUT2D eigenvalue weighted by molar-refractivity contribution is -0.132. The van der Waals surface area contributed by atoms with Crippen molar-refractivity contribution in [1.29, 1.82) is 0 Å². The van der Waals surface area contributed by atoms with Gasteiger partial charge in [-0.05, 0) is 30.2 Å². The van der Waals surface area contributed by atoms with E-state index in [1.807, 2.05) is 66.7 Å². The molecule has 8 nitrogen and oxygen atoms in total. The van der Waals surface area contributed by atoms with Gasteiger partial charge in [-0.1, -0.05) is 60.7 Å². The number of alkyl carbamates (subject to hydrolysis) is 1. The van der Waals surface area contributed by atoms with E-state index in [4.69, 9.17) is 9.47 Å². The van der Waals surface area contributed by atoms with E-state index in [9.17, 15) is 14.4 Å². The number of fused-ring (bicyclic) bond motifs is 3. The minimum atomic E-state index is -1.12. The Labute approximate surface area is 203 Å². The number of likely N-dealkylation sites (N-methyl/N-ethyl adjacent to an activating group) is 1. The molecule has 4 rings (SSSR count). The molecular weight excluding hydrogens is 446 g/mol. The van der Waals surface area contributed by atoms with Crippen molar-refractivity contribution in [3.63, 3.8) is 0 Å². The molecule has 8 heteroatoms. The number of carbonyl (C=O) groups is 3.